The fourth-order valence-corrected chi connectivity index (χ4v) is 3.82. The number of nitrogens with zero attached hydrogens (tertiary/aromatic N) is 1. The average molecular weight is 454 g/mol. The standard InChI is InChI=1S/C20H44NO2.C3H8O3S/c1-3-5-6-7-8-9-10-11-12-13-14-15-16-17-18-19-20-21(22,23)4-2;1-2-3-7(4,5)6/h22-23H,3-20H2,1-2H3;2-3H2,1H3,(H,4,5,6)/q+1;/p-1. The first-order chi connectivity index (χ1) is 14.2. The first-order valence-electron chi connectivity index (χ1n) is 12.4. The SMILES string of the molecule is CCCCCCCCCCCCCCCCCC[N+](O)(O)CC.CCCS(=O)(=O)[O-]. The lowest BCUT2D eigenvalue weighted by molar-refractivity contribution is -1.24. The summed E-state index contributed by atoms with van der Waals surface area (Å²) in [5.74, 6) is -0.243. The second-order valence-corrected chi connectivity index (χ2v) is 10.0. The van der Waals surface area contributed by atoms with Crippen molar-refractivity contribution in [3.63, 3.8) is 0 Å². The van der Waals surface area contributed by atoms with E-state index >= 15 is 0 Å². The van der Waals surface area contributed by atoms with Gasteiger partial charge in [-0.2, -0.15) is 10.4 Å². The van der Waals surface area contributed by atoms with E-state index in [1.54, 1.807) is 13.8 Å². The van der Waals surface area contributed by atoms with Crippen LogP contribution in [0.2, 0.25) is 0 Å². The van der Waals surface area contributed by atoms with Crippen molar-refractivity contribution in [2.24, 2.45) is 0 Å². The highest BCUT2D eigenvalue weighted by Gasteiger charge is 2.17. The van der Waals surface area contributed by atoms with Crippen LogP contribution in [0.15, 0.2) is 0 Å². The molecule has 0 fully saturated rings. The van der Waals surface area contributed by atoms with Crippen molar-refractivity contribution < 1.29 is 28.2 Å². The summed E-state index contributed by atoms with van der Waals surface area (Å²) in [5.41, 5.74) is 0. The third-order valence-corrected chi connectivity index (χ3v) is 6.24. The maximum absolute atomic E-state index is 9.68. The molecule has 0 aliphatic heterocycles. The molecule has 0 spiro atoms. The normalized spacial score (nSPS) is 11.9. The fourth-order valence-electron chi connectivity index (χ4n) is 3.32. The van der Waals surface area contributed by atoms with Crippen molar-refractivity contribution >= 4 is 10.1 Å². The van der Waals surface area contributed by atoms with Crippen LogP contribution in [0, 0.1) is 0 Å². The summed E-state index contributed by atoms with van der Waals surface area (Å²) < 4.78 is 29.0. The van der Waals surface area contributed by atoms with Crippen molar-refractivity contribution in [2.75, 3.05) is 18.8 Å². The van der Waals surface area contributed by atoms with E-state index in [0.29, 0.717) is 19.5 Å². The number of quaternary nitrogens is 1. The van der Waals surface area contributed by atoms with E-state index < -0.39 is 14.9 Å². The monoisotopic (exact) mass is 453 g/mol. The molecule has 0 radical (unpaired) electrons. The van der Waals surface area contributed by atoms with Gasteiger partial charge in [-0.05, 0) is 24.6 Å². The number of unbranched alkanes of at least 4 members (excludes halogenated alkanes) is 15. The molecule has 184 valence electrons. The highest BCUT2D eigenvalue weighted by molar-refractivity contribution is 7.85. The summed E-state index contributed by atoms with van der Waals surface area (Å²) in [6.45, 7) is 6.57. The van der Waals surface area contributed by atoms with E-state index in [4.69, 9.17) is 0 Å². The molecule has 0 aliphatic rings. The molecule has 0 saturated carbocycles. The highest BCUT2D eigenvalue weighted by atomic mass is 32.2. The first-order valence-corrected chi connectivity index (χ1v) is 14.0. The van der Waals surface area contributed by atoms with Crippen LogP contribution in [0.5, 0.6) is 0 Å². The second-order valence-electron chi connectivity index (χ2n) is 8.48. The minimum Gasteiger partial charge on any atom is -0.748 e. The third kappa shape index (κ3) is 30.0. The Labute approximate surface area is 187 Å². The van der Waals surface area contributed by atoms with Gasteiger partial charge in [0.15, 0.2) is 0 Å². The van der Waals surface area contributed by atoms with Crippen LogP contribution in [0.25, 0.3) is 0 Å². The van der Waals surface area contributed by atoms with Gasteiger partial charge in [-0.15, -0.1) is 0 Å². The summed E-state index contributed by atoms with van der Waals surface area (Å²) in [4.78, 5) is -0.807. The smallest absolute Gasteiger partial charge is 0.142 e. The molecule has 6 nitrogen and oxygen atoms in total. The fraction of sp³-hybridized carbons (Fsp3) is 1.00. The molecule has 0 saturated heterocycles. The predicted molar refractivity (Wildman–Crippen MR) is 124 cm³/mol. The Kier molecular flexibility index (Phi) is 23.4. The summed E-state index contributed by atoms with van der Waals surface area (Å²) in [7, 11) is -3.92. The Morgan fingerprint density at radius 1 is 0.600 bits per heavy atom. The van der Waals surface area contributed by atoms with Gasteiger partial charge in [0.1, 0.15) is 13.1 Å². The molecule has 2 N–H and O–H groups in total. The Bertz CT molecular complexity index is 441. The van der Waals surface area contributed by atoms with Crippen molar-refractivity contribution in [3.05, 3.63) is 0 Å². The van der Waals surface area contributed by atoms with Crippen molar-refractivity contribution in [3.8, 4) is 0 Å². The molecule has 0 aromatic rings. The Morgan fingerprint density at radius 3 is 1.17 bits per heavy atom. The summed E-state index contributed by atoms with van der Waals surface area (Å²) in [6, 6.07) is 0. The van der Waals surface area contributed by atoms with Gasteiger partial charge in [0.2, 0.25) is 0 Å². The van der Waals surface area contributed by atoms with Crippen molar-refractivity contribution in [2.45, 2.75) is 130 Å². The minimum absolute atomic E-state index is 0.243. The van der Waals surface area contributed by atoms with Gasteiger partial charge in [-0.3, -0.25) is 0 Å². The van der Waals surface area contributed by atoms with Crippen molar-refractivity contribution in [1.29, 1.82) is 0 Å². The molecule has 7 heteroatoms. The lowest BCUT2D eigenvalue weighted by Gasteiger charge is -2.18. The Hall–Kier alpha value is -0.210. The minimum atomic E-state index is -3.92. The van der Waals surface area contributed by atoms with E-state index in [2.05, 4.69) is 6.92 Å². The second kappa shape index (κ2) is 22.0. The van der Waals surface area contributed by atoms with E-state index in [9.17, 15) is 23.4 Å². The molecule has 0 heterocycles. The molecule has 30 heavy (non-hydrogen) atoms. The zero-order valence-electron chi connectivity index (χ0n) is 20.1. The highest BCUT2D eigenvalue weighted by Crippen LogP contribution is 2.14. The lowest BCUT2D eigenvalue weighted by atomic mass is 10.0. The van der Waals surface area contributed by atoms with Gasteiger partial charge in [0, 0.05) is 12.2 Å². The van der Waals surface area contributed by atoms with Crippen LogP contribution >= 0.6 is 0 Å². The molecular formula is C23H51NO5S. The van der Waals surface area contributed by atoms with Crippen molar-refractivity contribution in [1.82, 2.24) is 0 Å². The van der Waals surface area contributed by atoms with Gasteiger partial charge in [0.25, 0.3) is 0 Å². The molecule has 0 unspecified atom stereocenters. The molecule has 0 rings (SSSR count). The van der Waals surface area contributed by atoms with Gasteiger partial charge in [-0.1, -0.05) is 104 Å². The molecule has 0 aromatic carbocycles. The average Bonchev–Trinajstić information content (AvgIpc) is 2.67. The third-order valence-electron chi connectivity index (χ3n) is 5.33. The van der Waals surface area contributed by atoms with E-state index in [0.717, 1.165) is 12.8 Å². The largest absolute Gasteiger partial charge is 0.748 e. The molecular weight excluding hydrogens is 402 g/mol. The molecule has 0 atom stereocenters. The van der Waals surface area contributed by atoms with Crippen LogP contribution in [0.4, 0.5) is 0 Å². The number of rotatable bonds is 20. The van der Waals surface area contributed by atoms with Crippen LogP contribution in [0.3, 0.4) is 0 Å². The van der Waals surface area contributed by atoms with Gasteiger partial charge in [-0.25, -0.2) is 8.42 Å². The van der Waals surface area contributed by atoms with Crippen LogP contribution in [-0.4, -0.2) is 47.0 Å². The number of hydrogen-bond donors (Lipinski definition) is 2. The Morgan fingerprint density at radius 2 is 0.933 bits per heavy atom. The lowest BCUT2D eigenvalue weighted by Crippen LogP contribution is -2.41. The summed E-state index contributed by atoms with van der Waals surface area (Å²) in [5, 5.41) is 18.9. The van der Waals surface area contributed by atoms with E-state index in [1.165, 1.54) is 89.9 Å². The van der Waals surface area contributed by atoms with Crippen LogP contribution < -0.4 is 0 Å². The predicted octanol–water partition coefficient (Wildman–Crippen LogP) is 6.80. The maximum Gasteiger partial charge on any atom is 0.142 e. The molecule has 0 aromatic heterocycles. The molecule has 0 aliphatic carbocycles. The number of hydrogen-bond acceptors (Lipinski definition) is 5. The topological polar surface area (TPSA) is 97.7 Å². The summed E-state index contributed by atoms with van der Waals surface area (Å²) >= 11 is 0. The first kappa shape index (κ1) is 32.0. The van der Waals surface area contributed by atoms with Crippen LogP contribution in [0.1, 0.15) is 130 Å². The van der Waals surface area contributed by atoms with Gasteiger partial charge >= 0.3 is 0 Å². The Balaban J connectivity index is 0. The maximum atomic E-state index is 9.68. The quantitative estimate of drug-likeness (QED) is 0.0913. The number of hydroxylamine groups is 4. The zero-order valence-corrected chi connectivity index (χ0v) is 20.9. The molecule has 0 amide bonds. The summed E-state index contributed by atoms with van der Waals surface area (Å²) in [6.07, 6.45) is 21.9. The molecule has 0 bridgehead atoms. The van der Waals surface area contributed by atoms with E-state index in [-0.39, 0.29) is 5.75 Å². The van der Waals surface area contributed by atoms with Crippen LogP contribution in [-0.2, 0) is 10.1 Å². The zero-order chi connectivity index (χ0) is 23.1. The van der Waals surface area contributed by atoms with Gasteiger partial charge < -0.3 is 4.55 Å². The van der Waals surface area contributed by atoms with Gasteiger partial charge in [0.05, 0.1) is 10.1 Å². The van der Waals surface area contributed by atoms with E-state index in [1.807, 2.05) is 0 Å².